The number of hydrogen-bond acceptors (Lipinski definition) is 5. The van der Waals surface area contributed by atoms with Crippen molar-refractivity contribution in [3.63, 3.8) is 0 Å². The summed E-state index contributed by atoms with van der Waals surface area (Å²) < 4.78 is 5.65. The largest absolute Gasteiger partial charge is 0.397 e. The predicted octanol–water partition coefficient (Wildman–Crippen LogP) is 1.82. The van der Waals surface area contributed by atoms with E-state index in [1.165, 1.54) is 11.3 Å². The van der Waals surface area contributed by atoms with Crippen LogP contribution in [0.1, 0.15) is 18.7 Å². The lowest BCUT2D eigenvalue weighted by molar-refractivity contribution is -0.0274. The molecule has 1 aromatic heterocycles. The number of rotatable bonds is 1. The second-order valence-corrected chi connectivity index (χ2v) is 5.54. The molecule has 0 unspecified atom stereocenters. The molecule has 1 aromatic rings. The van der Waals surface area contributed by atoms with Gasteiger partial charge >= 0.3 is 0 Å². The van der Waals surface area contributed by atoms with E-state index in [0.717, 1.165) is 18.1 Å². The van der Waals surface area contributed by atoms with Crippen LogP contribution in [0.15, 0.2) is 6.07 Å². The van der Waals surface area contributed by atoms with E-state index in [4.69, 9.17) is 15.7 Å². The van der Waals surface area contributed by atoms with Crippen LogP contribution in [-0.2, 0) is 4.74 Å². The molecule has 16 heavy (non-hydrogen) atoms. The summed E-state index contributed by atoms with van der Waals surface area (Å²) in [6.07, 6.45) is 0. The van der Waals surface area contributed by atoms with Crippen LogP contribution in [0.5, 0.6) is 0 Å². The molecule has 5 heteroatoms. The quantitative estimate of drug-likeness (QED) is 0.809. The summed E-state index contributed by atoms with van der Waals surface area (Å²) in [5.74, 6) is 0. The first-order valence-corrected chi connectivity index (χ1v) is 6.02. The number of ether oxygens (including phenoxy) is 1. The molecular formula is C11H15N3OS. The molecule has 0 aliphatic carbocycles. The van der Waals surface area contributed by atoms with Gasteiger partial charge in [-0.3, -0.25) is 0 Å². The van der Waals surface area contributed by atoms with Gasteiger partial charge in [0.15, 0.2) is 0 Å². The van der Waals surface area contributed by atoms with Gasteiger partial charge < -0.3 is 15.4 Å². The average Bonchev–Trinajstić information content (AvgIpc) is 2.58. The molecule has 0 amide bonds. The fourth-order valence-corrected chi connectivity index (χ4v) is 2.74. The van der Waals surface area contributed by atoms with Gasteiger partial charge in [0.1, 0.15) is 10.9 Å². The van der Waals surface area contributed by atoms with Gasteiger partial charge in [-0.1, -0.05) is 0 Å². The highest BCUT2D eigenvalue weighted by Crippen LogP contribution is 2.33. The second kappa shape index (κ2) is 3.96. The van der Waals surface area contributed by atoms with E-state index in [1.54, 1.807) is 0 Å². The highest BCUT2D eigenvalue weighted by Gasteiger charge is 2.28. The highest BCUT2D eigenvalue weighted by atomic mass is 32.1. The van der Waals surface area contributed by atoms with Crippen molar-refractivity contribution in [1.82, 2.24) is 0 Å². The molecule has 0 saturated carbocycles. The van der Waals surface area contributed by atoms with E-state index in [1.807, 2.05) is 6.07 Å². The molecule has 1 aliphatic heterocycles. The summed E-state index contributed by atoms with van der Waals surface area (Å²) in [5.41, 5.74) is 6.20. The minimum atomic E-state index is -0.135. The number of hydrogen-bond donors (Lipinski definition) is 1. The van der Waals surface area contributed by atoms with Crippen LogP contribution in [0.2, 0.25) is 0 Å². The van der Waals surface area contributed by atoms with Gasteiger partial charge in [0.2, 0.25) is 0 Å². The summed E-state index contributed by atoms with van der Waals surface area (Å²) >= 11 is 1.45. The molecular weight excluding hydrogens is 222 g/mol. The van der Waals surface area contributed by atoms with Gasteiger partial charge in [0.25, 0.3) is 0 Å². The normalized spacial score (nSPS) is 19.4. The molecule has 0 aromatic carbocycles. The first-order chi connectivity index (χ1) is 7.52. The van der Waals surface area contributed by atoms with Gasteiger partial charge in [0, 0.05) is 13.1 Å². The average molecular weight is 237 g/mol. The van der Waals surface area contributed by atoms with Gasteiger partial charge in [0.05, 0.1) is 22.9 Å². The molecule has 4 nitrogen and oxygen atoms in total. The first-order valence-electron chi connectivity index (χ1n) is 5.20. The van der Waals surface area contributed by atoms with Crippen LogP contribution in [0.4, 0.5) is 10.7 Å². The van der Waals surface area contributed by atoms with Crippen LogP contribution in [0.25, 0.3) is 0 Å². The smallest absolute Gasteiger partial charge is 0.129 e. The zero-order chi connectivity index (χ0) is 11.8. The Kier molecular flexibility index (Phi) is 2.78. The second-order valence-electron chi connectivity index (χ2n) is 4.51. The van der Waals surface area contributed by atoms with Crippen LogP contribution in [0, 0.1) is 11.3 Å². The molecule has 2 heterocycles. The summed E-state index contributed by atoms with van der Waals surface area (Å²) in [4.78, 5) is 2.82. The topological polar surface area (TPSA) is 62.3 Å². The Morgan fingerprint density at radius 3 is 2.94 bits per heavy atom. The number of thiophene rings is 1. The Labute approximate surface area is 99.2 Å². The Morgan fingerprint density at radius 2 is 2.38 bits per heavy atom. The van der Waals surface area contributed by atoms with Crippen molar-refractivity contribution in [3.8, 4) is 6.07 Å². The molecule has 0 bridgehead atoms. The van der Waals surface area contributed by atoms with Crippen molar-refractivity contribution < 1.29 is 4.74 Å². The van der Waals surface area contributed by atoms with Crippen LogP contribution < -0.4 is 10.6 Å². The summed E-state index contributed by atoms with van der Waals surface area (Å²) in [5, 5.41) is 9.93. The van der Waals surface area contributed by atoms with Crippen molar-refractivity contribution in [2.45, 2.75) is 19.4 Å². The first kappa shape index (κ1) is 11.2. The maximum atomic E-state index is 8.87. The van der Waals surface area contributed by atoms with Crippen LogP contribution in [-0.4, -0.2) is 25.3 Å². The van der Waals surface area contributed by atoms with E-state index in [0.29, 0.717) is 17.2 Å². The van der Waals surface area contributed by atoms with Crippen molar-refractivity contribution in [2.75, 3.05) is 30.3 Å². The van der Waals surface area contributed by atoms with Crippen LogP contribution >= 0.6 is 11.3 Å². The minimum absolute atomic E-state index is 0.135. The van der Waals surface area contributed by atoms with Crippen molar-refractivity contribution >= 4 is 22.0 Å². The van der Waals surface area contributed by atoms with Crippen molar-refractivity contribution in [2.24, 2.45) is 0 Å². The molecule has 0 spiro atoms. The minimum Gasteiger partial charge on any atom is -0.397 e. The molecule has 2 N–H and O–H groups in total. The van der Waals surface area contributed by atoms with Crippen molar-refractivity contribution in [3.05, 3.63) is 10.9 Å². The molecule has 0 radical (unpaired) electrons. The monoisotopic (exact) mass is 237 g/mol. The van der Waals surface area contributed by atoms with E-state index >= 15 is 0 Å². The maximum absolute atomic E-state index is 8.87. The van der Waals surface area contributed by atoms with E-state index in [-0.39, 0.29) is 5.60 Å². The fourth-order valence-electron chi connectivity index (χ4n) is 1.84. The number of nitrogens with two attached hydrogens (primary N) is 1. The maximum Gasteiger partial charge on any atom is 0.129 e. The molecule has 0 atom stereocenters. The fraction of sp³-hybridized carbons (Fsp3) is 0.545. The highest BCUT2D eigenvalue weighted by molar-refractivity contribution is 7.17. The number of morpholine rings is 1. The molecule has 1 fully saturated rings. The van der Waals surface area contributed by atoms with E-state index in [9.17, 15) is 0 Å². The summed E-state index contributed by atoms with van der Waals surface area (Å²) in [6.45, 7) is 6.54. The summed E-state index contributed by atoms with van der Waals surface area (Å²) in [7, 11) is 0. The third kappa shape index (κ3) is 2.13. The Balaban J connectivity index is 2.21. The van der Waals surface area contributed by atoms with Gasteiger partial charge in [-0.25, -0.2) is 0 Å². The van der Waals surface area contributed by atoms with Gasteiger partial charge in [-0.2, -0.15) is 5.26 Å². The zero-order valence-electron chi connectivity index (χ0n) is 9.49. The Hall–Kier alpha value is -1.25. The zero-order valence-corrected chi connectivity index (χ0v) is 10.3. The molecule has 1 saturated heterocycles. The lowest BCUT2D eigenvalue weighted by Gasteiger charge is -2.38. The lowest BCUT2D eigenvalue weighted by Crippen LogP contribution is -2.48. The van der Waals surface area contributed by atoms with E-state index in [2.05, 4.69) is 24.8 Å². The number of nitrogen functional groups attached to an aromatic ring is 1. The third-order valence-electron chi connectivity index (χ3n) is 2.59. The van der Waals surface area contributed by atoms with Crippen LogP contribution in [0.3, 0.4) is 0 Å². The predicted molar refractivity (Wildman–Crippen MR) is 65.7 cm³/mol. The lowest BCUT2D eigenvalue weighted by atomic mass is 10.1. The Bertz CT molecular complexity index is 433. The molecule has 1 aliphatic rings. The number of nitriles is 1. The number of nitrogens with zero attached hydrogens (tertiary/aromatic N) is 2. The van der Waals surface area contributed by atoms with Gasteiger partial charge in [-0.05, 0) is 19.9 Å². The molecule has 86 valence electrons. The van der Waals surface area contributed by atoms with E-state index < -0.39 is 0 Å². The SMILES string of the molecule is CC1(C)CN(c2cc(N)c(C#N)s2)CCO1. The third-order valence-corrected chi connectivity index (χ3v) is 3.70. The standard InChI is InChI=1S/C11H15N3OS/c1-11(2)7-14(3-4-15-11)10-5-8(13)9(6-12)16-10/h5H,3-4,7,13H2,1-2H3. The number of anilines is 2. The Morgan fingerprint density at radius 1 is 1.62 bits per heavy atom. The van der Waals surface area contributed by atoms with Crippen molar-refractivity contribution in [1.29, 1.82) is 5.26 Å². The molecule has 2 rings (SSSR count). The van der Waals surface area contributed by atoms with Gasteiger partial charge in [-0.15, -0.1) is 11.3 Å². The summed E-state index contributed by atoms with van der Waals surface area (Å²) in [6, 6.07) is 3.99.